The molecule has 1 aromatic carbocycles. The van der Waals surface area contributed by atoms with E-state index in [1.54, 1.807) is 0 Å². The van der Waals surface area contributed by atoms with Crippen molar-refractivity contribution in [1.82, 2.24) is 10.0 Å². The Labute approximate surface area is 126 Å². The Balaban J connectivity index is 2.30. The normalized spacial score (nSPS) is 23.5. The van der Waals surface area contributed by atoms with Gasteiger partial charge in [-0.3, -0.25) is 0 Å². The maximum absolute atomic E-state index is 13.2. The van der Waals surface area contributed by atoms with Gasteiger partial charge in [-0.15, -0.1) is 0 Å². The number of nitrogens with one attached hydrogen (secondary N) is 2. The van der Waals surface area contributed by atoms with Gasteiger partial charge in [-0.1, -0.05) is 6.92 Å². The molecule has 0 bridgehead atoms. The minimum absolute atomic E-state index is 0.00561. The van der Waals surface area contributed by atoms with Crippen LogP contribution in [0, 0.1) is 11.7 Å². The van der Waals surface area contributed by atoms with Crippen LogP contribution >= 0.6 is 0 Å². The molecule has 1 saturated heterocycles. The summed E-state index contributed by atoms with van der Waals surface area (Å²) < 4.78 is 78.1. The highest BCUT2D eigenvalue weighted by atomic mass is 32.2. The van der Waals surface area contributed by atoms with E-state index >= 15 is 0 Å². The lowest BCUT2D eigenvalue weighted by molar-refractivity contribution is -0.140. The van der Waals surface area contributed by atoms with Crippen LogP contribution in [0.15, 0.2) is 23.1 Å². The van der Waals surface area contributed by atoms with Gasteiger partial charge >= 0.3 is 6.18 Å². The van der Waals surface area contributed by atoms with Crippen molar-refractivity contribution in [3.05, 3.63) is 29.6 Å². The molecule has 2 atom stereocenters. The maximum Gasteiger partial charge on any atom is 0.419 e. The molecule has 124 valence electrons. The third-order valence-electron chi connectivity index (χ3n) is 3.65. The monoisotopic (exact) mass is 340 g/mol. The first-order valence-corrected chi connectivity index (χ1v) is 8.19. The highest BCUT2D eigenvalue weighted by Gasteiger charge is 2.36. The topological polar surface area (TPSA) is 58.2 Å². The fourth-order valence-corrected chi connectivity index (χ4v) is 3.75. The number of alkyl halides is 3. The van der Waals surface area contributed by atoms with Crippen molar-refractivity contribution in [3.8, 4) is 0 Å². The van der Waals surface area contributed by atoms with E-state index in [1.165, 1.54) is 0 Å². The number of halogens is 4. The molecular formula is C13H16F4N2O2S. The molecular weight excluding hydrogens is 324 g/mol. The summed E-state index contributed by atoms with van der Waals surface area (Å²) in [5.74, 6) is -1.49. The van der Waals surface area contributed by atoms with Crippen molar-refractivity contribution in [2.45, 2.75) is 30.5 Å². The van der Waals surface area contributed by atoms with Crippen molar-refractivity contribution < 1.29 is 26.0 Å². The fourth-order valence-electron chi connectivity index (χ4n) is 2.35. The second-order valence-electron chi connectivity index (χ2n) is 5.34. The Hall–Kier alpha value is -1.19. The van der Waals surface area contributed by atoms with E-state index in [4.69, 9.17) is 0 Å². The van der Waals surface area contributed by atoms with Gasteiger partial charge < -0.3 is 5.32 Å². The summed E-state index contributed by atoms with van der Waals surface area (Å²) in [6.07, 6.45) is -4.41. The molecule has 2 rings (SSSR count). The summed E-state index contributed by atoms with van der Waals surface area (Å²) in [5, 5.41) is 3.09. The second kappa shape index (κ2) is 6.13. The highest BCUT2D eigenvalue weighted by molar-refractivity contribution is 7.89. The quantitative estimate of drug-likeness (QED) is 0.829. The van der Waals surface area contributed by atoms with E-state index in [0.717, 1.165) is 6.07 Å². The molecule has 1 heterocycles. The number of sulfonamides is 1. The van der Waals surface area contributed by atoms with Crippen molar-refractivity contribution in [1.29, 1.82) is 0 Å². The molecule has 2 unspecified atom stereocenters. The van der Waals surface area contributed by atoms with E-state index in [-0.39, 0.29) is 12.0 Å². The minimum atomic E-state index is -4.95. The molecule has 0 saturated carbocycles. The van der Waals surface area contributed by atoms with Crippen LogP contribution in [-0.2, 0) is 16.2 Å². The van der Waals surface area contributed by atoms with Gasteiger partial charge in [0.05, 0.1) is 10.5 Å². The number of hydrogen-bond acceptors (Lipinski definition) is 3. The van der Waals surface area contributed by atoms with Gasteiger partial charge in [-0.05, 0) is 43.6 Å². The van der Waals surface area contributed by atoms with E-state index in [1.807, 2.05) is 6.92 Å². The largest absolute Gasteiger partial charge is 0.419 e. The molecule has 22 heavy (non-hydrogen) atoms. The summed E-state index contributed by atoms with van der Waals surface area (Å²) in [7, 11) is -4.14. The zero-order valence-corrected chi connectivity index (χ0v) is 12.6. The minimum Gasteiger partial charge on any atom is -0.316 e. The molecule has 2 N–H and O–H groups in total. The van der Waals surface area contributed by atoms with Crippen LogP contribution < -0.4 is 10.0 Å². The van der Waals surface area contributed by atoms with Crippen LogP contribution in [0.1, 0.15) is 18.9 Å². The number of hydrogen-bond donors (Lipinski definition) is 2. The number of piperidine rings is 1. The van der Waals surface area contributed by atoms with Crippen LogP contribution in [0.5, 0.6) is 0 Å². The average Bonchev–Trinajstić information content (AvgIpc) is 2.40. The molecule has 0 amide bonds. The van der Waals surface area contributed by atoms with Crippen LogP contribution in [0.4, 0.5) is 17.6 Å². The maximum atomic E-state index is 13.2. The molecule has 0 aromatic heterocycles. The first-order chi connectivity index (χ1) is 10.1. The molecule has 0 radical (unpaired) electrons. The Morgan fingerprint density at radius 2 is 2.00 bits per heavy atom. The van der Waals surface area contributed by atoms with Crippen molar-refractivity contribution in [2.75, 3.05) is 13.1 Å². The van der Waals surface area contributed by atoms with Gasteiger partial charge in [-0.2, -0.15) is 13.2 Å². The summed E-state index contributed by atoms with van der Waals surface area (Å²) in [4.78, 5) is -0.591. The fraction of sp³-hybridized carbons (Fsp3) is 0.538. The standard InChI is InChI=1S/C13H16F4N2O2S/c1-8-7-18-5-4-12(8)19-22(20,21)9-2-3-11(14)10(6-9)13(15,16)17/h2-3,6,8,12,18-19H,4-5,7H2,1H3. The Morgan fingerprint density at radius 3 is 2.59 bits per heavy atom. The number of rotatable bonds is 3. The first kappa shape index (κ1) is 17.2. The average molecular weight is 340 g/mol. The zero-order valence-electron chi connectivity index (χ0n) is 11.7. The highest BCUT2D eigenvalue weighted by Crippen LogP contribution is 2.32. The van der Waals surface area contributed by atoms with Crippen LogP contribution in [0.2, 0.25) is 0 Å². The molecule has 1 aliphatic rings. The molecule has 1 aliphatic heterocycles. The van der Waals surface area contributed by atoms with E-state index in [0.29, 0.717) is 31.6 Å². The van der Waals surface area contributed by atoms with Gasteiger partial charge in [-0.25, -0.2) is 17.5 Å². The lowest BCUT2D eigenvalue weighted by atomic mass is 9.97. The SMILES string of the molecule is CC1CNCCC1NS(=O)(=O)c1ccc(F)c(C(F)(F)F)c1. The third kappa shape index (κ3) is 3.76. The van der Waals surface area contributed by atoms with Crippen LogP contribution in [0.3, 0.4) is 0 Å². The zero-order chi connectivity index (χ0) is 16.5. The first-order valence-electron chi connectivity index (χ1n) is 6.71. The molecule has 1 fully saturated rings. The van der Waals surface area contributed by atoms with E-state index in [9.17, 15) is 26.0 Å². The molecule has 1 aromatic rings. The van der Waals surface area contributed by atoms with Gasteiger partial charge in [0.25, 0.3) is 0 Å². The Bertz CT molecular complexity index is 646. The lowest BCUT2D eigenvalue weighted by Crippen LogP contribution is -2.48. The van der Waals surface area contributed by atoms with Gasteiger partial charge in [0, 0.05) is 6.04 Å². The van der Waals surface area contributed by atoms with E-state index in [2.05, 4.69) is 10.0 Å². The van der Waals surface area contributed by atoms with Gasteiger partial charge in [0.15, 0.2) is 0 Å². The van der Waals surface area contributed by atoms with Crippen LogP contribution in [-0.4, -0.2) is 27.5 Å². The summed E-state index contributed by atoms with van der Waals surface area (Å²) in [6.45, 7) is 3.07. The van der Waals surface area contributed by atoms with E-state index < -0.39 is 32.5 Å². The van der Waals surface area contributed by atoms with Gasteiger partial charge in [0.2, 0.25) is 10.0 Å². The molecule has 0 aliphatic carbocycles. The molecule has 4 nitrogen and oxygen atoms in total. The summed E-state index contributed by atoms with van der Waals surface area (Å²) >= 11 is 0. The lowest BCUT2D eigenvalue weighted by Gasteiger charge is -2.30. The Morgan fingerprint density at radius 1 is 1.32 bits per heavy atom. The summed E-state index contributed by atoms with van der Waals surface area (Å²) in [5.41, 5.74) is -1.59. The summed E-state index contributed by atoms with van der Waals surface area (Å²) in [6, 6.07) is 1.30. The smallest absolute Gasteiger partial charge is 0.316 e. The third-order valence-corrected chi connectivity index (χ3v) is 5.13. The molecule has 0 spiro atoms. The predicted molar refractivity (Wildman–Crippen MR) is 72.2 cm³/mol. The van der Waals surface area contributed by atoms with Gasteiger partial charge in [0.1, 0.15) is 5.82 Å². The Kier molecular flexibility index (Phi) is 4.78. The van der Waals surface area contributed by atoms with Crippen molar-refractivity contribution >= 4 is 10.0 Å². The van der Waals surface area contributed by atoms with Crippen LogP contribution in [0.25, 0.3) is 0 Å². The van der Waals surface area contributed by atoms with Crippen molar-refractivity contribution in [3.63, 3.8) is 0 Å². The predicted octanol–water partition coefficient (Wildman–Crippen LogP) is 2.12. The number of benzene rings is 1. The molecule has 9 heteroatoms. The van der Waals surface area contributed by atoms with Crippen molar-refractivity contribution in [2.24, 2.45) is 5.92 Å². The second-order valence-corrected chi connectivity index (χ2v) is 7.05.